The average Bonchev–Trinajstić information content (AvgIpc) is 2.28. The molecule has 0 heterocycles. The molecule has 0 bridgehead atoms. The molecule has 0 saturated carbocycles. The Morgan fingerprint density at radius 2 is 2.24 bits per heavy atom. The molecule has 0 amide bonds. The number of anilines is 1. The molecule has 2 nitrogen and oxygen atoms in total. The lowest BCUT2D eigenvalue weighted by Crippen LogP contribution is -2.10. The van der Waals surface area contributed by atoms with Crippen LogP contribution in [0, 0.1) is 0 Å². The van der Waals surface area contributed by atoms with Crippen LogP contribution in [0.3, 0.4) is 0 Å². The van der Waals surface area contributed by atoms with E-state index in [1.165, 1.54) is 12.2 Å². The first kappa shape index (κ1) is 14.6. The van der Waals surface area contributed by atoms with Crippen LogP contribution in [0.2, 0.25) is 5.02 Å². The molecule has 94 valence electrons. The number of hydrogen-bond donors (Lipinski definition) is 2. The Hall–Kier alpha value is -0.450. The lowest BCUT2D eigenvalue weighted by atomic mass is 10.2. The van der Waals surface area contributed by atoms with Gasteiger partial charge < -0.3 is 11.1 Å². The number of thioether (sulfide) groups is 1. The van der Waals surface area contributed by atoms with E-state index >= 15 is 0 Å². The van der Waals surface area contributed by atoms with Gasteiger partial charge in [0.25, 0.3) is 0 Å². The van der Waals surface area contributed by atoms with Gasteiger partial charge in [0.05, 0.1) is 5.02 Å². The van der Waals surface area contributed by atoms with Crippen LogP contribution < -0.4 is 11.1 Å². The van der Waals surface area contributed by atoms with E-state index in [9.17, 15) is 0 Å². The molecule has 17 heavy (non-hydrogen) atoms. The molecule has 0 atom stereocenters. The second kappa shape index (κ2) is 7.80. The molecule has 0 aliphatic heterocycles. The standard InChI is InChI=1S/C12H17ClN2S2/c1-17-7-3-2-6-15-9-4-5-10(12(14)16)11(13)8-9/h4-5,8,15H,2-3,6-7H2,1H3,(H2,14,16). The van der Waals surface area contributed by atoms with Crippen molar-refractivity contribution >= 4 is 46.3 Å². The summed E-state index contributed by atoms with van der Waals surface area (Å²) in [6, 6.07) is 5.68. The lowest BCUT2D eigenvalue weighted by Gasteiger charge is -2.08. The van der Waals surface area contributed by atoms with E-state index in [4.69, 9.17) is 29.6 Å². The van der Waals surface area contributed by atoms with Crippen molar-refractivity contribution < 1.29 is 0 Å². The molecule has 1 rings (SSSR count). The second-order valence-corrected chi connectivity index (χ2v) is 5.52. The highest BCUT2D eigenvalue weighted by Crippen LogP contribution is 2.20. The van der Waals surface area contributed by atoms with E-state index in [2.05, 4.69) is 11.6 Å². The summed E-state index contributed by atoms with van der Waals surface area (Å²) in [5.74, 6) is 1.21. The van der Waals surface area contributed by atoms with Gasteiger partial charge in [0.1, 0.15) is 4.99 Å². The Bertz CT molecular complexity index is 383. The van der Waals surface area contributed by atoms with Crippen molar-refractivity contribution in [1.29, 1.82) is 0 Å². The highest BCUT2D eigenvalue weighted by atomic mass is 35.5. The van der Waals surface area contributed by atoms with Gasteiger partial charge in [-0.05, 0) is 43.0 Å². The predicted molar refractivity (Wildman–Crippen MR) is 83.4 cm³/mol. The number of nitrogens with two attached hydrogens (primary N) is 1. The first-order valence-corrected chi connectivity index (χ1v) is 7.65. The fraction of sp³-hybridized carbons (Fsp3) is 0.417. The maximum Gasteiger partial charge on any atom is 0.105 e. The van der Waals surface area contributed by atoms with Crippen molar-refractivity contribution in [3.8, 4) is 0 Å². The van der Waals surface area contributed by atoms with Crippen molar-refractivity contribution in [3.05, 3.63) is 28.8 Å². The Morgan fingerprint density at radius 1 is 1.47 bits per heavy atom. The summed E-state index contributed by atoms with van der Waals surface area (Å²) in [5.41, 5.74) is 7.29. The van der Waals surface area contributed by atoms with Gasteiger partial charge in [-0.15, -0.1) is 0 Å². The van der Waals surface area contributed by atoms with E-state index in [0.29, 0.717) is 10.0 Å². The minimum Gasteiger partial charge on any atom is -0.389 e. The van der Waals surface area contributed by atoms with Crippen LogP contribution >= 0.6 is 35.6 Å². The maximum atomic E-state index is 6.08. The molecular weight excluding hydrogens is 272 g/mol. The Labute approximate surface area is 117 Å². The van der Waals surface area contributed by atoms with Gasteiger partial charge in [-0.2, -0.15) is 11.8 Å². The third kappa shape index (κ3) is 5.15. The topological polar surface area (TPSA) is 38.0 Å². The summed E-state index contributed by atoms with van der Waals surface area (Å²) in [6.07, 6.45) is 4.52. The van der Waals surface area contributed by atoms with Crippen molar-refractivity contribution in [2.75, 3.05) is 23.9 Å². The third-order valence-electron chi connectivity index (χ3n) is 2.34. The van der Waals surface area contributed by atoms with E-state index < -0.39 is 0 Å². The zero-order chi connectivity index (χ0) is 12.7. The Morgan fingerprint density at radius 3 is 2.82 bits per heavy atom. The molecule has 0 aromatic heterocycles. The van der Waals surface area contributed by atoms with Crippen LogP contribution in [-0.4, -0.2) is 23.5 Å². The van der Waals surface area contributed by atoms with Crippen LogP contribution in [0.15, 0.2) is 18.2 Å². The molecule has 0 unspecified atom stereocenters. The van der Waals surface area contributed by atoms with Gasteiger partial charge in [-0.25, -0.2) is 0 Å². The minimum atomic E-state index is 0.335. The van der Waals surface area contributed by atoms with E-state index in [1.54, 1.807) is 0 Å². The minimum absolute atomic E-state index is 0.335. The van der Waals surface area contributed by atoms with Crippen LogP contribution in [0.25, 0.3) is 0 Å². The molecule has 1 aromatic carbocycles. The molecule has 3 N–H and O–H groups in total. The number of hydrogen-bond acceptors (Lipinski definition) is 3. The first-order chi connectivity index (χ1) is 8.15. The summed E-state index contributed by atoms with van der Waals surface area (Å²) < 4.78 is 0. The van der Waals surface area contributed by atoms with Gasteiger partial charge in [-0.3, -0.25) is 0 Å². The lowest BCUT2D eigenvalue weighted by molar-refractivity contribution is 0.843. The summed E-state index contributed by atoms with van der Waals surface area (Å²) in [7, 11) is 0. The number of halogens is 1. The van der Waals surface area contributed by atoms with Gasteiger partial charge >= 0.3 is 0 Å². The molecule has 1 aromatic rings. The monoisotopic (exact) mass is 288 g/mol. The smallest absolute Gasteiger partial charge is 0.105 e. The van der Waals surface area contributed by atoms with Crippen LogP contribution in [0.1, 0.15) is 18.4 Å². The average molecular weight is 289 g/mol. The molecule has 5 heteroatoms. The number of thiocarbonyl (C=S) groups is 1. The first-order valence-electron chi connectivity index (χ1n) is 5.47. The summed E-state index contributed by atoms with van der Waals surface area (Å²) in [4.78, 5) is 0.335. The van der Waals surface area contributed by atoms with Gasteiger partial charge in [0.2, 0.25) is 0 Å². The molecule has 0 saturated heterocycles. The van der Waals surface area contributed by atoms with E-state index in [-0.39, 0.29) is 0 Å². The summed E-state index contributed by atoms with van der Waals surface area (Å²) in [6.45, 7) is 0.962. The fourth-order valence-corrected chi connectivity index (χ4v) is 2.44. The van der Waals surface area contributed by atoms with Crippen molar-refractivity contribution in [2.24, 2.45) is 5.73 Å². The Kier molecular flexibility index (Phi) is 6.70. The zero-order valence-corrected chi connectivity index (χ0v) is 12.2. The van der Waals surface area contributed by atoms with Crippen LogP contribution in [0.4, 0.5) is 5.69 Å². The third-order valence-corrected chi connectivity index (χ3v) is 3.57. The quantitative estimate of drug-likeness (QED) is 0.595. The molecule has 0 spiro atoms. The number of benzene rings is 1. The molecular formula is C12H17ClN2S2. The highest BCUT2D eigenvalue weighted by Gasteiger charge is 2.03. The van der Waals surface area contributed by atoms with Crippen LogP contribution in [0.5, 0.6) is 0 Å². The number of rotatable bonds is 7. The van der Waals surface area contributed by atoms with Crippen molar-refractivity contribution in [1.82, 2.24) is 0 Å². The maximum absolute atomic E-state index is 6.08. The number of unbranched alkanes of at least 4 members (excludes halogenated alkanes) is 1. The van der Waals surface area contributed by atoms with Crippen molar-refractivity contribution in [3.63, 3.8) is 0 Å². The summed E-state index contributed by atoms with van der Waals surface area (Å²) in [5, 5.41) is 3.94. The number of nitrogens with one attached hydrogen (secondary N) is 1. The normalized spacial score (nSPS) is 10.2. The van der Waals surface area contributed by atoms with E-state index in [0.717, 1.165) is 24.2 Å². The van der Waals surface area contributed by atoms with E-state index in [1.807, 2.05) is 30.0 Å². The largest absolute Gasteiger partial charge is 0.389 e. The zero-order valence-electron chi connectivity index (χ0n) is 9.83. The molecule has 0 fully saturated rings. The molecule has 0 aliphatic rings. The summed E-state index contributed by atoms with van der Waals surface area (Å²) >= 11 is 12.9. The van der Waals surface area contributed by atoms with Gasteiger partial charge in [0.15, 0.2) is 0 Å². The SMILES string of the molecule is CSCCCCNc1ccc(C(N)=S)c(Cl)c1. The molecule has 0 radical (unpaired) electrons. The van der Waals surface area contributed by atoms with Crippen molar-refractivity contribution in [2.45, 2.75) is 12.8 Å². The fourth-order valence-electron chi connectivity index (χ4n) is 1.43. The van der Waals surface area contributed by atoms with Gasteiger partial charge in [-0.1, -0.05) is 23.8 Å². The Balaban J connectivity index is 2.45. The van der Waals surface area contributed by atoms with Crippen LogP contribution in [-0.2, 0) is 0 Å². The predicted octanol–water partition coefficient (Wildman–Crippen LogP) is 3.53. The second-order valence-electron chi connectivity index (χ2n) is 3.69. The van der Waals surface area contributed by atoms with Gasteiger partial charge in [0, 0.05) is 17.8 Å². The highest BCUT2D eigenvalue weighted by molar-refractivity contribution is 7.98. The molecule has 0 aliphatic carbocycles.